The summed E-state index contributed by atoms with van der Waals surface area (Å²) in [6, 6.07) is 15.4. The van der Waals surface area contributed by atoms with Gasteiger partial charge in [-0.2, -0.15) is 0 Å². The molecule has 20 heavy (non-hydrogen) atoms. The van der Waals surface area contributed by atoms with Gasteiger partial charge in [0.05, 0.1) is 14.2 Å². The molecule has 0 saturated heterocycles. The number of ether oxygens (including phenoxy) is 2. The second-order valence-electron chi connectivity index (χ2n) is 4.54. The van der Waals surface area contributed by atoms with Crippen molar-refractivity contribution in [1.29, 1.82) is 0 Å². The third-order valence-electron chi connectivity index (χ3n) is 3.32. The molecule has 1 atom stereocenters. The van der Waals surface area contributed by atoms with Gasteiger partial charge in [-0.25, -0.2) is 0 Å². The quantitative estimate of drug-likeness (QED) is 0.756. The number of hydrogen-bond acceptors (Lipinski definition) is 3. The molecule has 0 amide bonds. The molecule has 0 aliphatic heterocycles. The highest BCUT2D eigenvalue weighted by Gasteiger charge is 2.14. The maximum absolute atomic E-state index is 11.4. The molecular weight excluding hydrogens is 252 g/mol. The molecule has 2 aromatic carbocycles. The lowest BCUT2D eigenvalue weighted by Gasteiger charge is -2.14. The molecule has 0 saturated carbocycles. The summed E-state index contributed by atoms with van der Waals surface area (Å²) in [4.78, 5) is 11.4. The lowest BCUT2D eigenvalue weighted by molar-refractivity contribution is -0.109. The van der Waals surface area contributed by atoms with Crippen LogP contribution >= 0.6 is 0 Å². The Balaban J connectivity index is 2.26. The lowest BCUT2D eigenvalue weighted by atomic mass is 9.92. The minimum Gasteiger partial charge on any atom is -0.497 e. The van der Waals surface area contributed by atoms with Crippen LogP contribution in [-0.2, 0) is 11.2 Å². The summed E-state index contributed by atoms with van der Waals surface area (Å²) < 4.78 is 10.5. The first-order chi connectivity index (χ1) is 9.78. The van der Waals surface area contributed by atoms with Crippen LogP contribution in [-0.4, -0.2) is 20.5 Å². The van der Waals surface area contributed by atoms with Crippen molar-refractivity contribution in [2.24, 2.45) is 0 Å². The predicted molar refractivity (Wildman–Crippen MR) is 78.5 cm³/mol. The molecule has 0 radical (unpaired) electrons. The van der Waals surface area contributed by atoms with Gasteiger partial charge in [-0.15, -0.1) is 0 Å². The Bertz CT molecular complexity index is 578. The van der Waals surface area contributed by atoms with Gasteiger partial charge in [0, 0.05) is 5.92 Å². The summed E-state index contributed by atoms with van der Waals surface area (Å²) in [6.45, 7) is 0. The van der Waals surface area contributed by atoms with Gasteiger partial charge in [0.15, 0.2) is 0 Å². The summed E-state index contributed by atoms with van der Waals surface area (Å²) in [5.74, 6) is 1.36. The molecule has 0 aliphatic rings. The first kappa shape index (κ1) is 14.1. The van der Waals surface area contributed by atoms with E-state index in [2.05, 4.69) is 0 Å². The fraction of sp³-hybridized carbons (Fsp3) is 0.235. The highest BCUT2D eigenvalue weighted by molar-refractivity contribution is 5.63. The molecule has 0 bridgehead atoms. The molecular formula is C17H18O3. The van der Waals surface area contributed by atoms with Crippen LogP contribution in [0.25, 0.3) is 0 Å². The number of carbonyl (C=O) groups is 1. The van der Waals surface area contributed by atoms with Crippen LogP contribution in [0.4, 0.5) is 0 Å². The number of benzene rings is 2. The van der Waals surface area contributed by atoms with E-state index in [4.69, 9.17) is 9.47 Å². The largest absolute Gasteiger partial charge is 0.497 e. The molecule has 104 valence electrons. The molecule has 3 nitrogen and oxygen atoms in total. The Kier molecular flexibility index (Phi) is 4.77. The van der Waals surface area contributed by atoms with Crippen LogP contribution in [0.15, 0.2) is 48.5 Å². The van der Waals surface area contributed by atoms with Gasteiger partial charge < -0.3 is 14.3 Å². The average Bonchev–Trinajstić information content (AvgIpc) is 2.53. The van der Waals surface area contributed by atoms with Crippen LogP contribution in [0.3, 0.4) is 0 Å². The fourth-order valence-corrected chi connectivity index (χ4v) is 2.23. The van der Waals surface area contributed by atoms with Gasteiger partial charge in [0.25, 0.3) is 0 Å². The van der Waals surface area contributed by atoms with Crippen molar-refractivity contribution in [3.63, 3.8) is 0 Å². The van der Waals surface area contributed by atoms with Crippen molar-refractivity contribution in [2.45, 2.75) is 12.3 Å². The van der Waals surface area contributed by atoms with Crippen molar-refractivity contribution in [3.8, 4) is 11.5 Å². The molecule has 0 heterocycles. The van der Waals surface area contributed by atoms with E-state index >= 15 is 0 Å². The number of para-hydroxylation sites is 1. The molecule has 0 fully saturated rings. The molecule has 0 N–H and O–H groups in total. The second kappa shape index (κ2) is 6.75. The zero-order chi connectivity index (χ0) is 14.4. The van der Waals surface area contributed by atoms with E-state index in [1.54, 1.807) is 14.2 Å². The molecule has 0 spiro atoms. The van der Waals surface area contributed by atoms with Crippen LogP contribution in [0.1, 0.15) is 17.0 Å². The van der Waals surface area contributed by atoms with Crippen molar-refractivity contribution < 1.29 is 14.3 Å². The van der Waals surface area contributed by atoms with Crippen LogP contribution in [0, 0.1) is 0 Å². The predicted octanol–water partition coefficient (Wildman–Crippen LogP) is 3.23. The summed E-state index contributed by atoms with van der Waals surface area (Å²) in [5.41, 5.74) is 1.97. The third-order valence-corrected chi connectivity index (χ3v) is 3.32. The van der Waals surface area contributed by atoms with E-state index in [0.29, 0.717) is 6.42 Å². The maximum Gasteiger partial charge on any atom is 0.127 e. The van der Waals surface area contributed by atoms with Crippen LogP contribution < -0.4 is 9.47 Å². The molecule has 1 unspecified atom stereocenters. The van der Waals surface area contributed by atoms with E-state index in [1.165, 1.54) is 0 Å². The average molecular weight is 270 g/mol. The SMILES string of the molecule is COc1cccc(C(C=O)Cc2ccccc2OC)c1. The normalized spacial score (nSPS) is 11.7. The Morgan fingerprint density at radius 2 is 1.85 bits per heavy atom. The van der Waals surface area contributed by atoms with Crippen molar-refractivity contribution in [1.82, 2.24) is 0 Å². The first-order valence-corrected chi connectivity index (χ1v) is 6.49. The fourth-order valence-electron chi connectivity index (χ4n) is 2.23. The van der Waals surface area contributed by atoms with Gasteiger partial charge in [-0.3, -0.25) is 0 Å². The Hall–Kier alpha value is -2.29. The zero-order valence-electron chi connectivity index (χ0n) is 11.7. The Labute approximate surface area is 119 Å². The summed E-state index contributed by atoms with van der Waals surface area (Å²) >= 11 is 0. The number of aldehydes is 1. The van der Waals surface area contributed by atoms with E-state index in [0.717, 1.165) is 28.9 Å². The minimum atomic E-state index is -0.207. The highest BCUT2D eigenvalue weighted by Crippen LogP contribution is 2.27. The highest BCUT2D eigenvalue weighted by atomic mass is 16.5. The number of hydrogen-bond donors (Lipinski definition) is 0. The smallest absolute Gasteiger partial charge is 0.127 e. The van der Waals surface area contributed by atoms with Gasteiger partial charge in [0.1, 0.15) is 17.8 Å². The molecule has 0 aliphatic carbocycles. The van der Waals surface area contributed by atoms with E-state index in [-0.39, 0.29) is 5.92 Å². The summed E-state index contributed by atoms with van der Waals surface area (Å²) in [5, 5.41) is 0. The van der Waals surface area contributed by atoms with E-state index in [9.17, 15) is 4.79 Å². The topological polar surface area (TPSA) is 35.5 Å². The first-order valence-electron chi connectivity index (χ1n) is 6.49. The molecule has 0 aromatic heterocycles. The zero-order valence-corrected chi connectivity index (χ0v) is 11.7. The number of methoxy groups -OCH3 is 2. The Morgan fingerprint density at radius 1 is 1.05 bits per heavy atom. The van der Waals surface area contributed by atoms with Gasteiger partial charge in [-0.1, -0.05) is 30.3 Å². The van der Waals surface area contributed by atoms with E-state index < -0.39 is 0 Å². The van der Waals surface area contributed by atoms with Gasteiger partial charge in [-0.05, 0) is 35.7 Å². The van der Waals surface area contributed by atoms with Crippen LogP contribution in [0.2, 0.25) is 0 Å². The summed E-state index contributed by atoms with van der Waals surface area (Å²) in [6.07, 6.45) is 1.59. The number of rotatable bonds is 6. The second-order valence-corrected chi connectivity index (χ2v) is 4.54. The molecule has 2 rings (SSSR count). The third kappa shape index (κ3) is 3.18. The standard InChI is InChI=1S/C17H18O3/c1-19-16-8-5-7-13(11-16)15(12-18)10-14-6-3-4-9-17(14)20-2/h3-9,11-12,15H,10H2,1-2H3. The molecule has 2 aromatic rings. The lowest BCUT2D eigenvalue weighted by Crippen LogP contribution is -2.06. The number of carbonyl (C=O) groups excluding carboxylic acids is 1. The molecule has 3 heteroatoms. The maximum atomic E-state index is 11.4. The Morgan fingerprint density at radius 3 is 2.55 bits per heavy atom. The minimum absolute atomic E-state index is 0.207. The van der Waals surface area contributed by atoms with Crippen LogP contribution in [0.5, 0.6) is 11.5 Å². The van der Waals surface area contributed by atoms with Gasteiger partial charge >= 0.3 is 0 Å². The van der Waals surface area contributed by atoms with Gasteiger partial charge in [0.2, 0.25) is 0 Å². The van der Waals surface area contributed by atoms with Crippen molar-refractivity contribution in [3.05, 3.63) is 59.7 Å². The van der Waals surface area contributed by atoms with Crippen molar-refractivity contribution in [2.75, 3.05) is 14.2 Å². The van der Waals surface area contributed by atoms with E-state index in [1.807, 2.05) is 48.5 Å². The van der Waals surface area contributed by atoms with Crippen molar-refractivity contribution >= 4 is 6.29 Å². The monoisotopic (exact) mass is 270 g/mol. The summed E-state index contributed by atoms with van der Waals surface area (Å²) in [7, 11) is 3.26.